The van der Waals surface area contributed by atoms with Crippen LogP contribution in [0.25, 0.3) is 5.78 Å². The Kier molecular flexibility index (Phi) is 3.47. The molecule has 3 aromatic rings. The number of phenols is 1. The number of ketones is 1. The van der Waals surface area contributed by atoms with Crippen molar-refractivity contribution in [1.29, 1.82) is 0 Å². The lowest BCUT2D eigenvalue weighted by atomic mass is 10.1. The number of aromatic hydroxyl groups is 1. The van der Waals surface area contributed by atoms with E-state index in [0.717, 1.165) is 4.47 Å². The topological polar surface area (TPSA) is 67.5 Å². The van der Waals surface area contributed by atoms with Gasteiger partial charge in [-0.15, -0.1) is 0 Å². The van der Waals surface area contributed by atoms with Crippen LogP contribution in [0.5, 0.6) is 5.75 Å². The fraction of sp³-hybridized carbons (Fsp3) is 0.133. The van der Waals surface area contributed by atoms with E-state index in [2.05, 4.69) is 25.9 Å². The maximum atomic E-state index is 12.7. The Hall–Kier alpha value is -2.21. The SMILES string of the molecule is CCc1nc2ncc(Br)cn2c1C(=O)c1ccc(O)cc1. The molecule has 0 saturated carbocycles. The molecule has 106 valence electrons. The minimum absolute atomic E-state index is 0.129. The normalized spacial score (nSPS) is 11.0. The summed E-state index contributed by atoms with van der Waals surface area (Å²) in [7, 11) is 0. The first-order valence-electron chi connectivity index (χ1n) is 6.46. The number of halogens is 1. The van der Waals surface area contributed by atoms with Gasteiger partial charge in [0.1, 0.15) is 11.4 Å². The number of rotatable bonds is 3. The van der Waals surface area contributed by atoms with E-state index in [-0.39, 0.29) is 11.5 Å². The van der Waals surface area contributed by atoms with Gasteiger partial charge >= 0.3 is 0 Å². The van der Waals surface area contributed by atoms with Crippen molar-refractivity contribution < 1.29 is 9.90 Å². The third-order valence-corrected chi connectivity index (χ3v) is 3.61. The van der Waals surface area contributed by atoms with Gasteiger partial charge in [0.05, 0.1) is 10.2 Å². The van der Waals surface area contributed by atoms with Gasteiger partial charge in [-0.25, -0.2) is 9.97 Å². The van der Waals surface area contributed by atoms with Crippen molar-refractivity contribution in [3.63, 3.8) is 0 Å². The van der Waals surface area contributed by atoms with Gasteiger partial charge in [0.15, 0.2) is 0 Å². The molecule has 0 aliphatic heterocycles. The molecule has 5 nitrogen and oxygen atoms in total. The van der Waals surface area contributed by atoms with E-state index in [9.17, 15) is 9.90 Å². The molecule has 0 bridgehead atoms. The van der Waals surface area contributed by atoms with Crippen LogP contribution in [0.15, 0.2) is 41.1 Å². The molecular weight excluding hydrogens is 334 g/mol. The van der Waals surface area contributed by atoms with E-state index in [1.54, 1.807) is 28.9 Å². The van der Waals surface area contributed by atoms with Gasteiger partial charge in [0, 0.05) is 18.0 Å². The fourth-order valence-corrected chi connectivity index (χ4v) is 2.50. The zero-order chi connectivity index (χ0) is 15.0. The first kappa shape index (κ1) is 13.8. The van der Waals surface area contributed by atoms with E-state index < -0.39 is 0 Å². The van der Waals surface area contributed by atoms with Crippen molar-refractivity contribution in [2.24, 2.45) is 0 Å². The van der Waals surface area contributed by atoms with E-state index in [4.69, 9.17) is 0 Å². The maximum Gasteiger partial charge on any atom is 0.234 e. The highest BCUT2D eigenvalue weighted by molar-refractivity contribution is 9.10. The minimum Gasteiger partial charge on any atom is -0.508 e. The number of imidazole rings is 1. The Morgan fingerprint density at radius 3 is 2.71 bits per heavy atom. The minimum atomic E-state index is -0.140. The third-order valence-electron chi connectivity index (χ3n) is 3.20. The Morgan fingerprint density at radius 2 is 2.05 bits per heavy atom. The second-order valence-electron chi connectivity index (χ2n) is 4.58. The largest absolute Gasteiger partial charge is 0.508 e. The van der Waals surface area contributed by atoms with Gasteiger partial charge in [-0.3, -0.25) is 9.20 Å². The number of phenolic OH excluding ortho intramolecular Hbond substituents is 1. The first-order valence-corrected chi connectivity index (χ1v) is 7.25. The summed E-state index contributed by atoms with van der Waals surface area (Å²) < 4.78 is 2.47. The summed E-state index contributed by atoms with van der Waals surface area (Å²) in [5.41, 5.74) is 1.72. The number of fused-ring (bicyclic) bond motifs is 1. The van der Waals surface area contributed by atoms with Crippen LogP contribution in [0.4, 0.5) is 0 Å². The molecule has 0 amide bonds. The number of hydrogen-bond acceptors (Lipinski definition) is 4. The smallest absolute Gasteiger partial charge is 0.234 e. The van der Waals surface area contributed by atoms with Crippen LogP contribution in [0.1, 0.15) is 28.7 Å². The van der Waals surface area contributed by atoms with Crippen LogP contribution in [-0.4, -0.2) is 25.3 Å². The molecule has 2 heterocycles. The van der Waals surface area contributed by atoms with Crippen molar-refractivity contribution in [1.82, 2.24) is 14.4 Å². The van der Waals surface area contributed by atoms with Crippen molar-refractivity contribution in [2.75, 3.05) is 0 Å². The summed E-state index contributed by atoms with van der Waals surface area (Å²) in [6, 6.07) is 6.19. The van der Waals surface area contributed by atoms with Crippen molar-refractivity contribution in [2.45, 2.75) is 13.3 Å². The number of nitrogens with zero attached hydrogens (tertiary/aromatic N) is 3. The third kappa shape index (κ3) is 2.42. The van der Waals surface area contributed by atoms with Gasteiger partial charge in [0.2, 0.25) is 11.6 Å². The predicted octanol–water partition coefficient (Wildman–Crippen LogP) is 2.99. The Labute approximate surface area is 129 Å². The number of carbonyl (C=O) groups excluding carboxylic acids is 1. The van der Waals surface area contributed by atoms with Gasteiger partial charge in [-0.1, -0.05) is 6.92 Å². The molecule has 6 heteroatoms. The highest BCUT2D eigenvalue weighted by Gasteiger charge is 2.20. The quantitative estimate of drug-likeness (QED) is 0.741. The van der Waals surface area contributed by atoms with Crippen molar-refractivity contribution in [3.05, 3.63) is 58.1 Å². The predicted molar refractivity (Wildman–Crippen MR) is 81.6 cm³/mol. The monoisotopic (exact) mass is 345 g/mol. The summed E-state index contributed by atoms with van der Waals surface area (Å²) >= 11 is 3.36. The summed E-state index contributed by atoms with van der Waals surface area (Å²) in [5.74, 6) is 0.487. The molecule has 0 fully saturated rings. The van der Waals surface area contributed by atoms with Crippen molar-refractivity contribution >= 4 is 27.5 Å². The zero-order valence-electron chi connectivity index (χ0n) is 11.2. The van der Waals surface area contributed by atoms with Crippen LogP contribution in [0.3, 0.4) is 0 Å². The highest BCUT2D eigenvalue weighted by Crippen LogP contribution is 2.20. The molecule has 0 atom stereocenters. The average Bonchev–Trinajstić information content (AvgIpc) is 2.85. The summed E-state index contributed by atoms with van der Waals surface area (Å²) in [4.78, 5) is 21.3. The van der Waals surface area contributed by atoms with Gasteiger partial charge in [-0.2, -0.15) is 0 Å². The van der Waals surface area contributed by atoms with Gasteiger partial charge < -0.3 is 5.11 Å². The molecule has 2 aromatic heterocycles. The molecule has 0 saturated heterocycles. The number of carbonyl (C=O) groups is 1. The fourth-order valence-electron chi connectivity index (χ4n) is 2.19. The second-order valence-corrected chi connectivity index (χ2v) is 5.49. The lowest BCUT2D eigenvalue weighted by Gasteiger charge is -2.04. The van der Waals surface area contributed by atoms with Crippen LogP contribution >= 0.6 is 15.9 Å². The number of aryl methyl sites for hydroxylation is 1. The van der Waals surface area contributed by atoms with E-state index in [0.29, 0.717) is 29.1 Å². The van der Waals surface area contributed by atoms with Crippen LogP contribution in [0.2, 0.25) is 0 Å². The Bertz CT molecular complexity index is 825. The molecule has 0 unspecified atom stereocenters. The Balaban J connectivity index is 2.20. The molecule has 1 N–H and O–H groups in total. The molecular formula is C15H12BrN3O2. The zero-order valence-corrected chi connectivity index (χ0v) is 12.8. The first-order chi connectivity index (χ1) is 10.1. The van der Waals surface area contributed by atoms with Crippen molar-refractivity contribution in [3.8, 4) is 5.75 Å². The van der Waals surface area contributed by atoms with E-state index in [1.165, 1.54) is 12.1 Å². The number of aromatic nitrogens is 3. The molecule has 0 radical (unpaired) electrons. The lowest BCUT2D eigenvalue weighted by molar-refractivity contribution is 0.103. The summed E-state index contributed by atoms with van der Waals surface area (Å²) in [6.07, 6.45) is 4.07. The van der Waals surface area contributed by atoms with Crippen LogP contribution < -0.4 is 0 Å². The molecule has 1 aromatic carbocycles. The second kappa shape index (κ2) is 5.29. The Morgan fingerprint density at radius 1 is 1.33 bits per heavy atom. The molecule has 0 spiro atoms. The molecule has 21 heavy (non-hydrogen) atoms. The molecule has 0 aliphatic rings. The number of hydrogen-bond donors (Lipinski definition) is 1. The van der Waals surface area contributed by atoms with Gasteiger partial charge in [-0.05, 0) is 46.6 Å². The maximum absolute atomic E-state index is 12.7. The number of benzene rings is 1. The summed E-state index contributed by atoms with van der Waals surface area (Å²) in [5, 5.41) is 9.33. The lowest BCUT2D eigenvalue weighted by Crippen LogP contribution is -2.08. The molecule has 3 rings (SSSR count). The van der Waals surface area contributed by atoms with Gasteiger partial charge in [0.25, 0.3) is 0 Å². The highest BCUT2D eigenvalue weighted by atomic mass is 79.9. The van der Waals surface area contributed by atoms with Crippen LogP contribution in [0, 0.1) is 0 Å². The van der Waals surface area contributed by atoms with Crippen LogP contribution in [-0.2, 0) is 6.42 Å². The van der Waals surface area contributed by atoms with E-state index in [1.807, 2.05) is 6.92 Å². The average molecular weight is 346 g/mol. The standard InChI is InChI=1S/C15H12BrN3O2/c1-2-12-13(14(21)9-3-5-11(20)6-4-9)19-8-10(16)7-17-15(19)18-12/h3-8,20H,2H2,1H3. The molecule has 0 aliphatic carbocycles. The summed E-state index contributed by atoms with van der Waals surface area (Å²) in [6.45, 7) is 1.95. The van der Waals surface area contributed by atoms with E-state index >= 15 is 0 Å².